The number of nitrogens with zero attached hydrogens (tertiary/aromatic N) is 2. The first-order valence-corrected chi connectivity index (χ1v) is 6.72. The monoisotopic (exact) mass is 290 g/mol. The molecule has 0 saturated heterocycles. The van der Waals surface area contributed by atoms with E-state index in [1.54, 1.807) is 0 Å². The molecular weight excluding hydrogens is 280 g/mol. The minimum absolute atomic E-state index is 0.0939. The van der Waals surface area contributed by atoms with Crippen molar-refractivity contribution >= 4 is 21.9 Å². The van der Waals surface area contributed by atoms with Gasteiger partial charge >= 0.3 is 10.5 Å². The number of rotatable bonds is 4. The van der Waals surface area contributed by atoms with E-state index in [-0.39, 0.29) is 23.4 Å². The maximum atomic E-state index is 11.1. The fourth-order valence-electron chi connectivity index (χ4n) is 1.88. The topological polar surface area (TPSA) is 89.6 Å². The van der Waals surface area contributed by atoms with Crippen molar-refractivity contribution in [2.75, 3.05) is 0 Å². The molecule has 2 rings (SSSR count). The van der Waals surface area contributed by atoms with Gasteiger partial charge in [-0.05, 0) is 11.6 Å². The van der Waals surface area contributed by atoms with Gasteiger partial charge in [-0.25, -0.2) is 0 Å². The molecule has 6 nitrogen and oxygen atoms in total. The molecule has 7 heteroatoms. The highest BCUT2D eigenvalue weighted by Crippen LogP contribution is 2.30. The highest BCUT2D eigenvalue weighted by atomic mass is 32.2. The highest BCUT2D eigenvalue weighted by Gasteiger charge is 2.17. The summed E-state index contributed by atoms with van der Waals surface area (Å²) in [6.07, 6.45) is 0.244. The van der Waals surface area contributed by atoms with E-state index >= 15 is 0 Å². The van der Waals surface area contributed by atoms with Gasteiger partial charge in [-0.15, -0.1) is 4.36 Å². The fourth-order valence-corrected chi connectivity index (χ4v) is 2.21. The molecule has 0 bridgehead atoms. The van der Waals surface area contributed by atoms with Crippen LogP contribution in [0, 0.1) is 10.1 Å². The summed E-state index contributed by atoms with van der Waals surface area (Å²) in [5, 5.41) is 11.1. The second-order valence-corrected chi connectivity index (χ2v) is 4.62. The molecule has 0 aliphatic carbocycles. The first-order valence-electron chi connectivity index (χ1n) is 5.69. The van der Waals surface area contributed by atoms with Crippen molar-refractivity contribution in [1.29, 1.82) is 0 Å². The van der Waals surface area contributed by atoms with Gasteiger partial charge in [0.1, 0.15) is 0 Å². The zero-order valence-electron chi connectivity index (χ0n) is 10.3. The van der Waals surface area contributed by atoms with E-state index in [9.17, 15) is 18.5 Å². The van der Waals surface area contributed by atoms with E-state index in [0.717, 1.165) is 5.56 Å². The molecule has 0 N–H and O–H groups in total. The molecule has 0 spiro atoms. The minimum atomic E-state index is -2.65. The maximum absolute atomic E-state index is 11.1. The number of nitro benzene ring substituents is 1. The second kappa shape index (κ2) is 6.07. The number of hydrogen-bond acceptors (Lipinski definition) is 5. The van der Waals surface area contributed by atoms with Gasteiger partial charge < -0.3 is 0 Å². The first-order chi connectivity index (χ1) is 9.58. The van der Waals surface area contributed by atoms with Gasteiger partial charge in [0.2, 0.25) is 0 Å². The summed E-state index contributed by atoms with van der Waals surface area (Å²) in [6, 6.07) is 13.3. The predicted octanol–water partition coefficient (Wildman–Crippen LogP) is 2.88. The van der Waals surface area contributed by atoms with Crippen molar-refractivity contribution in [3.63, 3.8) is 0 Å². The molecule has 0 aromatic heterocycles. The van der Waals surface area contributed by atoms with Crippen LogP contribution in [0.25, 0.3) is 0 Å². The van der Waals surface area contributed by atoms with Gasteiger partial charge in [0.25, 0.3) is 5.69 Å². The van der Waals surface area contributed by atoms with Crippen LogP contribution in [0.15, 0.2) is 52.9 Å². The first kappa shape index (κ1) is 13.9. The van der Waals surface area contributed by atoms with Crippen molar-refractivity contribution in [3.05, 3.63) is 69.8 Å². The lowest BCUT2D eigenvalue weighted by atomic mass is 10.0. The van der Waals surface area contributed by atoms with Crippen LogP contribution in [0.1, 0.15) is 11.1 Å². The molecule has 102 valence electrons. The average molecular weight is 290 g/mol. The summed E-state index contributed by atoms with van der Waals surface area (Å²) in [7, 11) is -2.65. The van der Waals surface area contributed by atoms with Crippen LogP contribution < -0.4 is 0 Å². The van der Waals surface area contributed by atoms with Gasteiger partial charge in [0.15, 0.2) is 0 Å². The lowest BCUT2D eigenvalue weighted by Crippen LogP contribution is -1.97. The number of benzene rings is 2. The van der Waals surface area contributed by atoms with Crippen LogP contribution >= 0.6 is 0 Å². The van der Waals surface area contributed by atoms with Crippen molar-refractivity contribution in [1.82, 2.24) is 0 Å². The Morgan fingerprint density at radius 3 is 2.35 bits per heavy atom. The third-order valence-electron chi connectivity index (χ3n) is 2.72. The summed E-state index contributed by atoms with van der Waals surface area (Å²) in [4.78, 5) is 10.5. The molecule has 0 aliphatic rings. The molecule has 2 aromatic rings. The number of hydrogen-bond donors (Lipinski definition) is 0. The zero-order chi connectivity index (χ0) is 14.5. The van der Waals surface area contributed by atoms with Gasteiger partial charge in [0.05, 0.1) is 16.2 Å². The third-order valence-corrected chi connectivity index (χ3v) is 3.07. The summed E-state index contributed by atoms with van der Waals surface area (Å²) >= 11 is 0. The Morgan fingerprint density at radius 2 is 1.75 bits per heavy atom. The van der Waals surface area contributed by atoms with E-state index in [0.29, 0.717) is 0 Å². The standard InChI is InChI=1S/C13H10N2O4S/c16-15(17)13-8-4-7-12(14-20(18)19)11(13)9-10-5-2-1-3-6-10/h1-8H,9H2. The second-order valence-electron chi connectivity index (χ2n) is 4.00. The summed E-state index contributed by atoms with van der Waals surface area (Å²) < 4.78 is 24.8. The Labute approximate surface area is 116 Å². The Balaban J connectivity index is 2.58. The lowest BCUT2D eigenvalue weighted by molar-refractivity contribution is -0.385. The molecule has 0 atom stereocenters. The van der Waals surface area contributed by atoms with Gasteiger partial charge in [-0.2, -0.15) is 8.42 Å². The van der Waals surface area contributed by atoms with E-state index in [1.165, 1.54) is 18.2 Å². The largest absolute Gasteiger partial charge is 0.316 e. The van der Waals surface area contributed by atoms with Crippen molar-refractivity contribution < 1.29 is 13.3 Å². The molecule has 0 saturated carbocycles. The van der Waals surface area contributed by atoms with Crippen molar-refractivity contribution in [3.8, 4) is 0 Å². The summed E-state index contributed by atoms with van der Waals surface area (Å²) in [6.45, 7) is 0. The van der Waals surface area contributed by atoms with Crippen LogP contribution in [0.5, 0.6) is 0 Å². The molecule has 0 heterocycles. The van der Waals surface area contributed by atoms with Crippen LogP contribution in [0.2, 0.25) is 0 Å². The Hall–Kier alpha value is -2.54. The maximum Gasteiger partial charge on any atom is 0.316 e. The van der Waals surface area contributed by atoms with Crippen LogP contribution in [-0.2, 0) is 16.9 Å². The van der Waals surface area contributed by atoms with E-state index < -0.39 is 15.4 Å². The van der Waals surface area contributed by atoms with Gasteiger partial charge in [-0.3, -0.25) is 10.1 Å². The van der Waals surface area contributed by atoms with Crippen molar-refractivity contribution in [2.24, 2.45) is 4.36 Å². The molecule has 20 heavy (non-hydrogen) atoms. The molecule has 0 amide bonds. The molecule has 0 aliphatic heterocycles. The molecule has 2 aromatic carbocycles. The van der Waals surface area contributed by atoms with Crippen LogP contribution in [0.3, 0.4) is 0 Å². The molecule has 0 unspecified atom stereocenters. The molecule has 0 radical (unpaired) electrons. The SMILES string of the molecule is O=[N+]([O-])c1cccc(N=S(=O)=O)c1Cc1ccccc1. The fraction of sp³-hybridized carbons (Fsp3) is 0.0769. The quantitative estimate of drug-likeness (QED) is 0.639. The highest BCUT2D eigenvalue weighted by molar-refractivity contribution is 7.61. The Morgan fingerprint density at radius 1 is 1.05 bits per heavy atom. The normalized spacial score (nSPS) is 10.0. The van der Waals surface area contributed by atoms with Crippen LogP contribution in [-0.4, -0.2) is 13.3 Å². The zero-order valence-corrected chi connectivity index (χ0v) is 11.1. The molecule has 0 fully saturated rings. The average Bonchev–Trinajstić information content (AvgIpc) is 2.41. The van der Waals surface area contributed by atoms with Crippen LogP contribution in [0.4, 0.5) is 11.4 Å². The van der Waals surface area contributed by atoms with Crippen molar-refractivity contribution in [2.45, 2.75) is 6.42 Å². The predicted molar refractivity (Wildman–Crippen MR) is 73.4 cm³/mol. The minimum Gasteiger partial charge on any atom is -0.258 e. The van der Waals surface area contributed by atoms with Gasteiger partial charge in [0, 0.05) is 12.5 Å². The third kappa shape index (κ3) is 3.27. The van der Waals surface area contributed by atoms with E-state index in [1.807, 2.05) is 30.3 Å². The lowest BCUT2D eigenvalue weighted by Gasteiger charge is -2.05. The number of nitro groups is 1. The Bertz CT molecular complexity index is 762. The summed E-state index contributed by atoms with van der Waals surface area (Å²) in [5.41, 5.74) is 1.08. The van der Waals surface area contributed by atoms with Gasteiger partial charge in [-0.1, -0.05) is 36.4 Å². The smallest absolute Gasteiger partial charge is 0.258 e. The Kier molecular flexibility index (Phi) is 4.21. The van der Waals surface area contributed by atoms with E-state index in [2.05, 4.69) is 4.36 Å². The summed E-state index contributed by atoms with van der Waals surface area (Å²) in [5.74, 6) is 0. The van der Waals surface area contributed by atoms with E-state index in [4.69, 9.17) is 0 Å². The molecular formula is C13H10N2O4S.